The minimum absolute atomic E-state index is 0.615. The maximum Gasteiger partial charge on any atom is 0.126 e. The highest BCUT2D eigenvalue weighted by atomic mass is 16.5. The van der Waals surface area contributed by atoms with Gasteiger partial charge in [-0.3, -0.25) is 0 Å². The van der Waals surface area contributed by atoms with E-state index in [1.54, 1.807) is 0 Å². The van der Waals surface area contributed by atoms with Crippen LogP contribution in [0, 0.1) is 5.92 Å². The van der Waals surface area contributed by atoms with Crippen LogP contribution in [-0.2, 0) is 11.3 Å². The van der Waals surface area contributed by atoms with Gasteiger partial charge in [-0.15, -0.1) is 0 Å². The monoisotopic (exact) mass is 278 g/mol. The highest BCUT2D eigenvalue weighted by Crippen LogP contribution is 2.14. The predicted octanol–water partition coefficient (Wildman–Crippen LogP) is 4.64. The lowest BCUT2D eigenvalue weighted by molar-refractivity contribution is 0.0800. The predicted molar refractivity (Wildman–Crippen MR) is 86.0 cm³/mol. The Bertz CT molecular complexity index is 355. The Morgan fingerprint density at radius 2 is 2.05 bits per heavy atom. The maximum absolute atomic E-state index is 5.84. The van der Waals surface area contributed by atoms with Crippen LogP contribution in [0.25, 0.3) is 0 Å². The first-order valence-electron chi connectivity index (χ1n) is 8.07. The fraction of sp³-hybridized carbons (Fsp3) is 0.706. The smallest absolute Gasteiger partial charge is 0.126 e. The van der Waals surface area contributed by atoms with Crippen LogP contribution in [0.2, 0.25) is 0 Å². The molecule has 0 saturated heterocycles. The van der Waals surface area contributed by atoms with E-state index in [1.807, 2.05) is 18.2 Å². The molecule has 0 amide bonds. The number of hydrogen-bond acceptors (Lipinski definition) is 3. The summed E-state index contributed by atoms with van der Waals surface area (Å²) in [5.41, 5.74) is 1.01. The third-order valence-electron chi connectivity index (χ3n) is 3.51. The molecule has 20 heavy (non-hydrogen) atoms. The SMILES string of the molecule is CCCCC(CC)COCc1cccc(NCCC)n1. The Morgan fingerprint density at radius 3 is 2.75 bits per heavy atom. The lowest BCUT2D eigenvalue weighted by Gasteiger charge is -2.14. The number of ether oxygens (including phenoxy) is 1. The fourth-order valence-electron chi connectivity index (χ4n) is 2.14. The third kappa shape index (κ3) is 6.90. The molecule has 3 nitrogen and oxygen atoms in total. The molecule has 0 saturated carbocycles. The Kier molecular flexibility index (Phi) is 9.05. The van der Waals surface area contributed by atoms with Gasteiger partial charge >= 0.3 is 0 Å². The van der Waals surface area contributed by atoms with Crippen LogP contribution in [0.15, 0.2) is 18.2 Å². The summed E-state index contributed by atoms with van der Waals surface area (Å²) in [6.45, 7) is 9.08. The molecule has 1 atom stereocenters. The molecule has 1 aromatic rings. The molecule has 0 bridgehead atoms. The molecule has 1 aromatic heterocycles. The van der Waals surface area contributed by atoms with Crippen molar-refractivity contribution in [1.82, 2.24) is 4.98 Å². The van der Waals surface area contributed by atoms with Crippen molar-refractivity contribution in [2.24, 2.45) is 5.92 Å². The average molecular weight is 278 g/mol. The maximum atomic E-state index is 5.84. The summed E-state index contributed by atoms with van der Waals surface area (Å²) in [5, 5.41) is 3.31. The van der Waals surface area contributed by atoms with Crippen molar-refractivity contribution in [2.45, 2.75) is 59.5 Å². The van der Waals surface area contributed by atoms with E-state index in [2.05, 4.69) is 31.1 Å². The van der Waals surface area contributed by atoms with Crippen LogP contribution in [0.5, 0.6) is 0 Å². The number of nitrogens with zero attached hydrogens (tertiary/aromatic N) is 1. The van der Waals surface area contributed by atoms with Crippen LogP contribution in [0.3, 0.4) is 0 Å². The Hall–Kier alpha value is -1.09. The number of rotatable bonds is 11. The van der Waals surface area contributed by atoms with Crippen LogP contribution < -0.4 is 5.32 Å². The normalized spacial score (nSPS) is 12.3. The number of hydrogen-bond donors (Lipinski definition) is 1. The highest BCUT2D eigenvalue weighted by molar-refractivity contribution is 5.34. The van der Waals surface area contributed by atoms with Gasteiger partial charge in [0.25, 0.3) is 0 Å². The first-order valence-corrected chi connectivity index (χ1v) is 8.07. The topological polar surface area (TPSA) is 34.1 Å². The number of unbranched alkanes of at least 4 members (excludes halogenated alkanes) is 1. The van der Waals surface area contributed by atoms with E-state index in [-0.39, 0.29) is 0 Å². The van der Waals surface area contributed by atoms with E-state index in [9.17, 15) is 0 Å². The molecule has 114 valence electrons. The van der Waals surface area contributed by atoms with Gasteiger partial charge in [0.2, 0.25) is 0 Å². The van der Waals surface area contributed by atoms with E-state index < -0.39 is 0 Å². The van der Waals surface area contributed by atoms with Crippen molar-refractivity contribution >= 4 is 5.82 Å². The molecular formula is C17H30N2O. The number of nitrogens with one attached hydrogen (secondary N) is 1. The summed E-state index contributed by atoms with van der Waals surface area (Å²) < 4.78 is 5.84. The first-order chi connectivity index (χ1) is 9.80. The Morgan fingerprint density at radius 1 is 1.20 bits per heavy atom. The summed E-state index contributed by atoms with van der Waals surface area (Å²) >= 11 is 0. The quantitative estimate of drug-likeness (QED) is 0.640. The average Bonchev–Trinajstić information content (AvgIpc) is 2.49. The number of anilines is 1. The summed E-state index contributed by atoms with van der Waals surface area (Å²) in [7, 11) is 0. The molecule has 1 N–H and O–H groups in total. The van der Waals surface area contributed by atoms with Crippen LogP contribution >= 0.6 is 0 Å². The summed E-state index contributed by atoms with van der Waals surface area (Å²) in [6.07, 6.45) is 6.15. The van der Waals surface area contributed by atoms with Crippen molar-refractivity contribution in [3.63, 3.8) is 0 Å². The van der Waals surface area contributed by atoms with Gasteiger partial charge in [0.15, 0.2) is 0 Å². The number of aromatic nitrogens is 1. The van der Waals surface area contributed by atoms with Gasteiger partial charge in [0.05, 0.1) is 12.3 Å². The van der Waals surface area contributed by atoms with Gasteiger partial charge in [-0.1, -0.05) is 46.1 Å². The van der Waals surface area contributed by atoms with Crippen LogP contribution in [-0.4, -0.2) is 18.1 Å². The molecule has 0 aromatic carbocycles. The molecule has 3 heteroatoms. The lowest BCUT2D eigenvalue weighted by Crippen LogP contribution is -2.10. The van der Waals surface area contributed by atoms with Gasteiger partial charge in [-0.05, 0) is 30.9 Å². The molecule has 1 rings (SSSR count). The standard InChI is InChI=1S/C17H30N2O/c1-4-7-9-15(6-3)13-20-14-16-10-8-11-17(19-16)18-12-5-2/h8,10-11,15H,4-7,9,12-14H2,1-3H3,(H,18,19). The molecule has 1 unspecified atom stereocenters. The minimum atomic E-state index is 0.615. The van der Waals surface area contributed by atoms with Gasteiger partial charge in [0, 0.05) is 13.2 Å². The van der Waals surface area contributed by atoms with Gasteiger partial charge in [0.1, 0.15) is 5.82 Å². The molecule has 0 aliphatic rings. The summed E-state index contributed by atoms with van der Waals surface area (Å²) in [4.78, 5) is 4.56. The van der Waals surface area contributed by atoms with Crippen molar-refractivity contribution in [3.8, 4) is 0 Å². The second kappa shape index (κ2) is 10.7. The lowest BCUT2D eigenvalue weighted by atomic mass is 10.0. The van der Waals surface area contributed by atoms with Crippen LogP contribution in [0.1, 0.15) is 58.6 Å². The van der Waals surface area contributed by atoms with Crippen molar-refractivity contribution in [1.29, 1.82) is 0 Å². The molecule has 0 radical (unpaired) electrons. The first kappa shape index (κ1) is 17.0. The molecule has 1 heterocycles. The highest BCUT2D eigenvalue weighted by Gasteiger charge is 2.06. The second-order valence-electron chi connectivity index (χ2n) is 5.37. The van der Waals surface area contributed by atoms with Crippen LogP contribution in [0.4, 0.5) is 5.82 Å². The van der Waals surface area contributed by atoms with Gasteiger partial charge < -0.3 is 10.1 Å². The van der Waals surface area contributed by atoms with Crippen molar-refractivity contribution < 1.29 is 4.74 Å². The van der Waals surface area contributed by atoms with Gasteiger partial charge in [-0.25, -0.2) is 4.98 Å². The molecule has 0 fully saturated rings. The Balaban J connectivity index is 2.33. The largest absolute Gasteiger partial charge is 0.375 e. The molecule has 0 aliphatic carbocycles. The molecule has 0 spiro atoms. The van der Waals surface area contributed by atoms with E-state index in [4.69, 9.17) is 4.74 Å². The van der Waals surface area contributed by atoms with Crippen molar-refractivity contribution in [2.75, 3.05) is 18.5 Å². The minimum Gasteiger partial charge on any atom is -0.375 e. The zero-order valence-electron chi connectivity index (χ0n) is 13.3. The molecular weight excluding hydrogens is 248 g/mol. The van der Waals surface area contributed by atoms with E-state index in [1.165, 1.54) is 25.7 Å². The zero-order valence-corrected chi connectivity index (χ0v) is 13.3. The Labute approximate surface area is 124 Å². The second-order valence-corrected chi connectivity index (χ2v) is 5.37. The fourth-order valence-corrected chi connectivity index (χ4v) is 2.14. The van der Waals surface area contributed by atoms with Crippen molar-refractivity contribution in [3.05, 3.63) is 23.9 Å². The van der Waals surface area contributed by atoms with E-state index >= 15 is 0 Å². The summed E-state index contributed by atoms with van der Waals surface area (Å²) in [6, 6.07) is 6.08. The summed E-state index contributed by atoms with van der Waals surface area (Å²) in [5.74, 6) is 1.64. The zero-order chi connectivity index (χ0) is 14.6. The van der Waals surface area contributed by atoms with E-state index in [0.717, 1.165) is 31.1 Å². The number of pyridine rings is 1. The van der Waals surface area contributed by atoms with E-state index in [0.29, 0.717) is 12.5 Å². The van der Waals surface area contributed by atoms with Gasteiger partial charge in [-0.2, -0.15) is 0 Å². The molecule has 0 aliphatic heterocycles. The third-order valence-corrected chi connectivity index (χ3v) is 3.51.